The molecule has 0 aliphatic carbocycles. The van der Waals surface area contributed by atoms with E-state index in [1.54, 1.807) is 11.3 Å². The van der Waals surface area contributed by atoms with Crippen molar-refractivity contribution in [2.75, 3.05) is 20.1 Å². The van der Waals surface area contributed by atoms with Gasteiger partial charge in [0.2, 0.25) is 0 Å². The zero-order chi connectivity index (χ0) is 18.4. The average molecular weight is 369 g/mol. The lowest BCUT2D eigenvalue weighted by molar-refractivity contribution is -0.902. The van der Waals surface area contributed by atoms with Crippen LogP contribution in [0.25, 0.3) is 10.2 Å². The maximum absolute atomic E-state index is 12.2. The number of aryl methyl sites for hydroxylation is 1. The summed E-state index contributed by atoms with van der Waals surface area (Å²) in [6.07, 6.45) is 1.95. The fraction of sp³-hybridized carbons (Fsp3) is 0.333. The number of nitrogens with one attached hydrogen (secondary N) is 2. The normalized spacial score (nSPS) is 13.5. The van der Waals surface area contributed by atoms with Crippen LogP contribution >= 0.6 is 11.3 Å². The molecule has 2 N–H and O–H groups in total. The molecule has 5 heteroatoms. The second kappa shape index (κ2) is 8.92. The first-order chi connectivity index (χ1) is 12.6. The number of rotatable bonds is 8. The van der Waals surface area contributed by atoms with Gasteiger partial charge in [-0.15, -0.1) is 11.3 Å². The average Bonchev–Trinajstić information content (AvgIpc) is 3.09. The number of aromatic nitrogens is 1. The van der Waals surface area contributed by atoms with E-state index < -0.39 is 0 Å². The number of quaternary nitrogens is 1. The largest absolute Gasteiger partial charge is 0.351 e. The quantitative estimate of drug-likeness (QED) is 0.601. The number of amides is 1. The number of para-hydroxylation sites is 1. The molecule has 0 spiro atoms. The molecular weight excluding hydrogens is 342 g/mol. The molecule has 4 nitrogen and oxygen atoms in total. The number of hydrogen-bond donors (Lipinski definition) is 2. The van der Waals surface area contributed by atoms with Gasteiger partial charge in [0, 0.05) is 6.54 Å². The van der Waals surface area contributed by atoms with E-state index in [1.807, 2.05) is 24.3 Å². The van der Waals surface area contributed by atoms with Gasteiger partial charge in [-0.05, 0) is 37.5 Å². The minimum Gasteiger partial charge on any atom is -0.351 e. The van der Waals surface area contributed by atoms with Gasteiger partial charge in [-0.25, -0.2) is 4.98 Å². The van der Waals surface area contributed by atoms with Crippen LogP contribution in [0, 0.1) is 0 Å². The third kappa shape index (κ3) is 4.90. The summed E-state index contributed by atoms with van der Waals surface area (Å²) in [4.78, 5) is 18.1. The van der Waals surface area contributed by atoms with Gasteiger partial charge in [0.15, 0.2) is 11.6 Å². The molecule has 1 heterocycles. The molecule has 0 saturated carbocycles. The standard InChI is InChI=1S/C21H25N3OS/c1-16(21-23-18-12-6-7-13-19(18)26-21)24(2)15-20(25)22-14-8-11-17-9-4-3-5-10-17/h3-7,9-10,12-13,16H,8,11,14-15H2,1-2H3,(H,22,25)/p+1/t16-/m0/s1. The molecule has 0 saturated heterocycles. The predicted molar refractivity (Wildman–Crippen MR) is 108 cm³/mol. The van der Waals surface area contributed by atoms with Gasteiger partial charge >= 0.3 is 0 Å². The van der Waals surface area contributed by atoms with Gasteiger partial charge in [-0.3, -0.25) is 4.79 Å². The molecule has 3 aromatic rings. The maximum atomic E-state index is 12.2. The summed E-state index contributed by atoms with van der Waals surface area (Å²) in [7, 11) is 2.06. The smallest absolute Gasteiger partial charge is 0.275 e. The highest BCUT2D eigenvalue weighted by Gasteiger charge is 2.21. The van der Waals surface area contributed by atoms with Crippen molar-refractivity contribution in [3.63, 3.8) is 0 Å². The Balaban J connectivity index is 1.44. The zero-order valence-corrected chi connectivity index (χ0v) is 16.2. The molecule has 1 unspecified atom stereocenters. The van der Waals surface area contributed by atoms with Gasteiger partial charge < -0.3 is 10.2 Å². The van der Waals surface area contributed by atoms with Crippen LogP contribution in [0.5, 0.6) is 0 Å². The van der Waals surface area contributed by atoms with Crippen LogP contribution < -0.4 is 10.2 Å². The summed E-state index contributed by atoms with van der Waals surface area (Å²) in [5, 5.41) is 4.12. The Hall–Kier alpha value is -2.24. The highest BCUT2D eigenvalue weighted by Crippen LogP contribution is 2.24. The van der Waals surface area contributed by atoms with E-state index in [4.69, 9.17) is 4.98 Å². The van der Waals surface area contributed by atoms with Crippen LogP contribution in [-0.4, -0.2) is 31.0 Å². The first-order valence-corrected chi connectivity index (χ1v) is 9.93. The summed E-state index contributed by atoms with van der Waals surface area (Å²) in [5.41, 5.74) is 2.35. The van der Waals surface area contributed by atoms with Crippen molar-refractivity contribution < 1.29 is 9.69 Å². The van der Waals surface area contributed by atoms with E-state index in [9.17, 15) is 4.79 Å². The Kier molecular flexibility index (Phi) is 6.36. The molecule has 26 heavy (non-hydrogen) atoms. The minimum absolute atomic E-state index is 0.100. The van der Waals surface area contributed by atoms with Crippen molar-refractivity contribution in [2.24, 2.45) is 0 Å². The fourth-order valence-corrected chi connectivity index (χ4v) is 4.03. The van der Waals surface area contributed by atoms with Crippen molar-refractivity contribution in [3.05, 3.63) is 65.2 Å². The van der Waals surface area contributed by atoms with E-state index in [2.05, 4.69) is 49.6 Å². The van der Waals surface area contributed by atoms with Gasteiger partial charge in [-0.1, -0.05) is 42.5 Å². The Labute approximate surface area is 158 Å². The first kappa shape index (κ1) is 18.5. The summed E-state index contributed by atoms with van der Waals surface area (Å²) < 4.78 is 1.20. The predicted octanol–water partition coefficient (Wildman–Crippen LogP) is 2.62. The molecule has 2 atom stereocenters. The Bertz CT molecular complexity index is 814. The number of benzene rings is 2. The van der Waals surface area contributed by atoms with Crippen molar-refractivity contribution in [3.8, 4) is 0 Å². The molecule has 3 rings (SSSR count). The van der Waals surface area contributed by atoms with E-state index >= 15 is 0 Å². The topological polar surface area (TPSA) is 46.4 Å². The second-order valence-electron chi connectivity index (χ2n) is 6.70. The number of hydrogen-bond acceptors (Lipinski definition) is 3. The maximum Gasteiger partial charge on any atom is 0.275 e. The monoisotopic (exact) mass is 368 g/mol. The van der Waals surface area contributed by atoms with Gasteiger partial charge in [0.25, 0.3) is 5.91 Å². The van der Waals surface area contributed by atoms with Crippen LogP contribution in [0.2, 0.25) is 0 Å². The minimum atomic E-state index is 0.100. The van der Waals surface area contributed by atoms with Gasteiger partial charge in [0.05, 0.1) is 17.3 Å². The summed E-state index contributed by atoms with van der Waals surface area (Å²) in [5.74, 6) is 0.100. The van der Waals surface area contributed by atoms with Crippen LogP contribution in [0.15, 0.2) is 54.6 Å². The highest BCUT2D eigenvalue weighted by atomic mass is 32.1. The lowest BCUT2D eigenvalue weighted by atomic mass is 10.1. The summed E-state index contributed by atoms with van der Waals surface area (Å²) in [6, 6.07) is 18.8. The number of fused-ring (bicyclic) bond motifs is 1. The van der Waals surface area contributed by atoms with E-state index in [0.29, 0.717) is 6.54 Å². The first-order valence-electron chi connectivity index (χ1n) is 9.12. The number of thiazole rings is 1. The molecule has 136 valence electrons. The lowest BCUT2D eigenvalue weighted by Crippen LogP contribution is -3.10. The Morgan fingerprint density at radius 2 is 1.88 bits per heavy atom. The second-order valence-corrected chi connectivity index (χ2v) is 7.77. The van der Waals surface area contributed by atoms with Crippen molar-refractivity contribution in [2.45, 2.75) is 25.8 Å². The highest BCUT2D eigenvalue weighted by molar-refractivity contribution is 7.18. The third-order valence-corrected chi connectivity index (χ3v) is 5.89. The molecule has 0 aliphatic rings. The molecule has 1 amide bonds. The van der Waals surface area contributed by atoms with Crippen LogP contribution in [0.1, 0.15) is 30.0 Å². The molecule has 0 radical (unpaired) electrons. The van der Waals surface area contributed by atoms with E-state index in [0.717, 1.165) is 34.8 Å². The molecular formula is C21H26N3OS+. The van der Waals surface area contributed by atoms with Crippen LogP contribution in [0.3, 0.4) is 0 Å². The van der Waals surface area contributed by atoms with E-state index in [1.165, 1.54) is 10.3 Å². The third-order valence-electron chi connectivity index (χ3n) is 4.67. The van der Waals surface area contributed by atoms with Gasteiger partial charge in [-0.2, -0.15) is 0 Å². The number of carbonyl (C=O) groups is 1. The molecule has 0 fully saturated rings. The van der Waals surface area contributed by atoms with Crippen molar-refractivity contribution in [1.29, 1.82) is 0 Å². The van der Waals surface area contributed by atoms with E-state index in [-0.39, 0.29) is 11.9 Å². The summed E-state index contributed by atoms with van der Waals surface area (Å²) in [6.45, 7) is 3.31. The molecule has 0 aliphatic heterocycles. The zero-order valence-electron chi connectivity index (χ0n) is 15.4. The Morgan fingerprint density at radius 1 is 1.15 bits per heavy atom. The molecule has 1 aromatic heterocycles. The Morgan fingerprint density at radius 3 is 2.65 bits per heavy atom. The number of nitrogens with zero attached hydrogens (tertiary/aromatic N) is 1. The summed E-state index contributed by atoms with van der Waals surface area (Å²) >= 11 is 1.72. The van der Waals surface area contributed by atoms with Crippen molar-refractivity contribution in [1.82, 2.24) is 10.3 Å². The lowest BCUT2D eigenvalue weighted by Gasteiger charge is -2.19. The van der Waals surface area contributed by atoms with Crippen LogP contribution in [0.4, 0.5) is 0 Å². The number of carbonyl (C=O) groups excluding carboxylic acids is 1. The fourth-order valence-electron chi connectivity index (χ4n) is 2.92. The van der Waals surface area contributed by atoms with Gasteiger partial charge in [0.1, 0.15) is 6.04 Å². The van der Waals surface area contributed by atoms with Crippen molar-refractivity contribution >= 4 is 27.5 Å². The SMILES string of the molecule is C[C@@H](c1nc2ccccc2s1)[NH+](C)CC(=O)NCCCc1ccccc1. The number of likely N-dealkylation sites (N-methyl/N-ethyl adjacent to an activating group) is 1. The molecule has 0 bridgehead atoms. The van der Waals surface area contributed by atoms with Crippen LogP contribution in [-0.2, 0) is 11.2 Å². The molecule has 2 aromatic carbocycles.